The molecule has 5 aromatic rings. The van der Waals surface area contributed by atoms with E-state index < -0.39 is 0 Å². The molecule has 128 valence electrons. The first-order valence-corrected chi connectivity index (χ1v) is 9.42. The molecule has 0 fully saturated rings. The van der Waals surface area contributed by atoms with Gasteiger partial charge in [0.15, 0.2) is 11.0 Å². The maximum Gasteiger partial charge on any atom is 0.237 e. The number of benzene rings is 2. The molecule has 0 aliphatic rings. The third-order valence-corrected chi connectivity index (χ3v) is 5.19. The SMILES string of the molecule is CCc1noc(CSc2nc3ccccc3c3nc4ccccc4n23)n1. The van der Waals surface area contributed by atoms with Crippen LogP contribution in [-0.4, -0.2) is 24.5 Å². The highest BCUT2D eigenvalue weighted by molar-refractivity contribution is 7.98. The molecule has 26 heavy (non-hydrogen) atoms. The topological polar surface area (TPSA) is 69.1 Å². The molecule has 6 nitrogen and oxygen atoms in total. The standard InChI is InChI=1S/C19H15N5OS/c1-2-16-22-17(25-23-16)11-26-19-21-13-8-4-3-7-12(13)18-20-14-9-5-6-10-15(14)24(18)19/h3-10H,2,11H2,1H3. The number of hydrogen-bond donors (Lipinski definition) is 0. The van der Waals surface area contributed by atoms with Crippen molar-refractivity contribution in [3.05, 3.63) is 60.2 Å². The Kier molecular flexibility index (Phi) is 3.60. The second kappa shape index (κ2) is 6.10. The molecule has 0 N–H and O–H groups in total. The lowest BCUT2D eigenvalue weighted by atomic mass is 10.2. The number of nitrogens with zero attached hydrogens (tertiary/aromatic N) is 5. The van der Waals surface area contributed by atoms with E-state index in [1.165, 1.54) is 0 Å². The Morgan fingerprint density at radius 2 is 1.77 bits per heavy atom. The highest BCUT2D eigenvalue weighted by Gasteiger charge is 2.15. The zero-order valence-electron chi connectivity index (χ0n) is 14.1. The van der Waals surface area contributed by atoms with E-state index in [0.717, 1.165) is 45.0 Å². The first kappa shape index (κ1) is 15.3. The van der Waals surface area contributed by atoms with Crippen LogP contribution >= 0.6 is 11.8 Å². The Morgan fingerprint density at radius 3 is 2.62 bits per heavy atom. The maximum absolute atomic E-state index is 5.31. The minimum Gasteiger partial charge on any atom is -0.338 e. The van der Waals surface area contributed by atoms with Gasteiger partial charge in [-0.15, -0.1) is 0 Å². The third-order valence-electron chi connectivity index (χ3n) is 4.26. The number of fused-ring (bicyclic) bond motifs is 5. The van der Waals surface area contributed by atoms with Crippen LogP contribution in [0.4, 0.5) is 0 Å². The molecular weight excluding hydrogens is 346 g/mol. The fraction of sp³-hybridized carbons (Fsp3) is 0.158. The van der Waals surface area contributed by atoms with Crippen LogP contribution < -0.4 is 0 Å². The summed E-state index contributed by atoms with van der Waals surface area (Å²) in [5, 5.41) is 5.87. The monoisotopic (exact) mass is 361 g/mol. The summed E-state index contributed by atoms with van der Waals surface area (Å²) >= 11 is 1.58. The van der Waals surface area contributed by atoms with E-state index in [0.29, 0.717) is 11.6 Å². The van der Waals surface area contributed by atoms with Crippen molar-refractivity contribution >= 4 is 39.3 Å². The fourth-order valence-corrected chi connectivity index (χ4v) is 3.88. The summed E-state index contributed by atoms with van der Waals surface area (Å²) in [4.78, 5) is 14.1. The number of aryl methyl sites for hydroxylation is 1. The highest BCUT2D eigenvalue weighted by Crippen LogP contribution is 2.30. The Labute approximate surface area is 153 Å². The van der Waals surface area contributed by atoms with Crippen molar-refractivity contribution in [1.82, 2.24) is 24.5 Å². The molecule has 0 amide bonds. The summed E-state index contributed by atoms with van der Waals surface area (Å²) in [6.07, 6.45) is 0.763. The van der Waals surface area contributed by atoms with E-state index in [-0.39, 0.29) is 0 Å². The van der Waals surface area contributed by atoms with Gasteiger partial charge in [0.25, 0.3) is 0 Å². The Hall–Kier alpha value is -2.93. The predicted octanol–water partition coefficient (Wildman–Crippen LogP) is 4.27. The van der Waals surface area contributed by atoms with E-state index in [1.807, 2.05) is 43.3 Å². The van der Waals surface area contributed by atoms with E-state index >= 15 is 0 Å². The summed E-state index contributed by atoms with van der Waals surface area (Å²) in [7, 11) is 0. The van der Waals surface area contributed by atoms with Gasteiger partial charge >= 0.3 is 0 Å². The number of hydrogen-bond acceptors (Lipinski definition) is 6. The van der Waals surface area contributed by atoms with Crippen molar-refractivity contribution in [3.63, 3.8) is 0 Å². The van der Waals surface area contributed by atoms with Gasteiger partial charge < -0.3 is 4.52 Å². The van der Waals surface area contributed by atoms with E-state index in [9.17, 15) is 0 Å². The Bertz CT molecular complexity index is 1240. The summed E-state index contributed by atoms with van der Waals surface area (Å²) in [6, 6.07) is 16.2. The molecule has 0 aliphatic heterocycles. The largest absolute Gasteiger partial charge is 0.338 e. The molecule has 0 bridgehead atoms. The van der Waals surface area contributed by atoms with Gasteiger partial charge in [-0.1, -0.05) is 48.1 Å². The van der Waals surface area contributed by atoms with Crippen molar-refractivity contribution in [1.29, 1.82) is 0 Å². The molecule has 0 atom stereocenters. The minimum atomic E-state index is 0.569. The van der Waals surface area contributed by atoms with Crippen LogP contribution in [0.2, 0.25) is 0 Å². The Balaban J connectivity index is 1.68. The molecule has 3 aromatic heterocycles. The smallest absolute Gasteiger partial charge is 0.237 e. The highest BCUT2D eigenvalue weighted by atomic mass is 32.2. The van der Waals surface area contributed by atoms with Crippen LogP contribution in [0.25, 0.3) is 27.6 Å². The van der Waals surface area contributed by atoms with Gasteiger partial charge in [-0.2, -0.15) is 4.98 Å². The van der Waals surface area contributed by atoms with Gasteiger partial charge in [-0.05, 0) is 24.3 Å². The number of thioether (sulfide) groups is 1. The second-order valence-corrected chi connectivity index (χ2v) is 6.86. The van der Waals surface area contributed by atoms with Crippen molar-refractivity contribution < 1.29 is 4.52 Å². The van der Waals surface area contributed by atoms with Gasteiger partial charge in [0.1, 0.15) is 5.65 Å². The summed E-state index contributed by atoms with van der Waals surface area (Å²) in [6.45, 7) is 2.01. The number of imidazole rings is 1. The summed E-state index contributed by atoms with van der Waals surface area (Å²) in [5.41, 5.74) is 3.85. The minimum absolute atomic E-state index is 0.569. The maximum atomic E-state index is 5.31. The first-order valence-electron chi connectivity index (χ1n) is 8.43. The molecule has 7 heteroatoms. The van der Waals surface area contributed by atoms with Gasteiger partial charge in [0.05, 0.1) is 22.3 Å². The zero-order chi connectivity index (χ0) is 17.5. The first-order chi connectivity index (χ1) is 12.8. The molecule has 0 unspecified atom stereocenters. The fourth-order valence-electron chi connectivity index (χ4n) is 3.03. The van der Waals surface area contributed by atoms with Crippen LogP contribution in [0, 0.1) is 0 Å². The lowest BCUT2D eigenvalue weighted by Gasteiger charge is -2.07. The van der Waals surface area contributed by atoms with Crippen molar-refractivity contribution in [3.8, 4) is 0 Å². The Morgan fingerprint density at radius 1 is 0.962 bits per heavy atom. The van der Waals surface area contributed by atoms with Gasteiger partial charge in [0.2, 0.25) is 5.89 Å². The summed E-state index contributed by atoms with van der Waals surface area (Å²) < 4.78 is 7.42. The van der Waals surface area contributed by atoms with E-state index in [4.69, 9.17) is 14.5 Å². The molecule has 3 heterocycles. The van der Waals surface area contributed by atoms with E-state index in [2.05, 4.69) is 26.7 Å². The molecule has 0 saturated carbocycles. The van der Waals surface area contributed by atoms with Crippen molar-refractivity contribution in [2.45, 2.75) is 24.3 Å². The van der Waals surface area contributed by atoms with E-state index in [1.54, 1.807) is 11.8 Å². The van der Waals surface area contributed by atoms with Crippen LogP contribution in [0.1, 0.15) is 18.6 Å². The lowest BCUT2D eigenvalue weighted by molar-refractivity contribution is 0.385. The molecular formula is C19H15N5OS. The molecule has 0 saturated heterocycles. The number of para-hydroxylation sites is 3. The predicted molar refractivity (Wildman–Crippen MR) is 101 cm³/mol. The van der Waals surface area contributed by atoms with Crippen LogP contribution in [-0.2, 0) is 12.2 Å². The van der Waals surface area contributed by atoms with Crippen LogP contribution in [0.3, 0.4) is 0 Å². The molecule has 5 rings (SSSR count). The van der Waals surface area contributed by atoms with Crippen molar-refractivity contribution in [2.24, 2.45) is 0 Å². The number of aromatic nitrogens is 5. The summed E-state index contributed by atoms with van der Waals surface area (Å²) in [5.74, 6) is 1.91. The van der Waals surface area contributed by atoms with Gasteiger partial charge in [0, 0.05) is 11.8 Å². The van der Waals surface area contributed by atoms with Gasteiger partial charge in [-0.25, -0.2) is 9.97 Å². The third kappa shape index (κ3) is 2.43. The van der Waals surface area contributed by atoms with Crippen molar-refractivity contribution in [2.75, 3.05) is 0 Å². The average molecular weight is 361 g/mol. The average Bonchev–Trinajstić information content (AvgIpc) is 3.30. The normalized spacial score (nSPS) is 11.7. The van der Waals surface area contributed by atoms with Crippen LogP contribution in [0.5, 0.6) is 0 Å². The second-order valence-electron chi connectivity index (χ2n) is 5.92. The molecule has 0 radical (unpaired) electrons. The quantitative estimate of drug-likeness (QED) is 0.352. The number of rotatable bonds is 4. The van der Waals surface area contributed by atoms with Crippen LogP contribution in [0.15, 0.2) is 58.2 Å². The van der Waals surface area contributed by atoms with Gasteiger partial charge in [-0.3, -0.25) is 4.40 Å². The molecule has 0 aliphatic carbocycles. The molecule has 0 spiro atoms. The molecule has 2 aromatic carbocycles. The lowest BCUT2D eigenvalue weighted by Crippen LogP contribution is -1.97. The zero-order valence-corrected chi connectivity index (χ0v) is 14.9.